The smallest absolute Gasteiger partial charge is 0.223 e. The Morgan fingerprint density at radius 2 is 1.50 bits per heavy atom. The first-order valence-electron chi connectivity index (χ1n) is 7.35. The molecule has 0 aliphatic carbocycles. The van der Waals surface area contributed by atoms with Gasteiger partial charge in [-0.2, -0.15) is 0 Å². The minimum Gasteiger partial charge on any atom is -0.343 e. The van der Waals surface area contributed by atoms with E-state index >= 15 is 0 Å². The van der Waals surface area contributed by atoms with Gasteiger partial charge in [0.05, 0.1) is 0 Å². The van der Waals surface area contributed by atoms with Crippen molar-refractivity contribution in [2.45, 2.75) is 67.2 Å². The Kier molecular flexibility index (Phi) is 4.85. The van der Waals surface area contributed by atoms with Gasteiger partial charge in [0.1, 0.15) is 0 Å². The number of carbonyl (C=O) groups excluding carboxylic acids is 1. The third-order valence-corrected chi connectivity index (χ3v) is 3.55. The highest BCUT2D eigenvalue weighted by atomic mass is 16.2. The van der Waals surface area contributed by atoms with Crippen molar-refractivity contribution in [3.8, 4) is 0 Å². The lowest BCUT2D eigenvalue weighted by atomic mass is 9.80. The van der Waals surface area contributed by atoms with Gasteiger partial charge >= 0.3 is 0 Å². The van der Waals surface area contributed by atoms with Crippen molar-refractivity contribution in [3.05, 3.63) is 0 Å². The molecule has 1 amide bonds. The molecular weight excluding hydrogens is 222 g/mol. The number of likely N-dealkylation sites (tertiary alicyclic amines) is 1. The summed E-state index contributed by atoms with van der Waals surface area (Å²) in [6.07, 6.45) is 4.34. The van der Waals surface area contributed by atoms with Gasteiger partial charge in [-0.25, -0.2) is 0 Å². The largest absolute Gasteiger partial charge is 0.343 e. The molecule has 1 saturated heterocycles. The molecule has 1 aliphatic heterocycles. The topological polar surface area (TPSA) is 20.3 Å². The Bertz CT molecular complexity index is 274. The molecule has 1 aliphatic rings. The molecule has 1 fully saturated rings. The number of rotatable bonds is 2. The Morgan fingerprint density at radius 1 is 1.00 bits per heavy atom. The number of nitrogens with zero attached hydrogens (tertiary/aromatic N) is 1. The minimum absolute atomic E-state index is 0.110. The maximum absolute atomic E-state index is 12.1. The predicted molar refractivity (Wildman–Crippen MR) is 77.4 cm³/mol. The van der Waals surface area contributed by atoms with Crippen LogP contribution in [0.15, 0.2) is 0 Å². The third-order valence-electron chi connectivity index (χ3n) is 3.55. The first kappa shape index (κ1) is 15.5. The van der Waals surface area contributed by atoms with Crippen LogP contribution in [0.2, 0.25) is 0 Å². The number of amides is 1. The molecule has 2 heteroatoms. The van der Waals surface area contributed by atoms with E-state index in [4.69, 9.17) is 0 Å². The van der Waals surface area contributed by atoms with Crippen molar-refractivity contribution in [1.82, 2.24) is 4.90 Å². The van der Waals surface area contributed by atoms with E-state index in [1.54, 1.807) is 0 Å². The summed E-state index contributed by atoms with van der Waals surface area (Å²) in [7, 11) is 0. The molecule has 106 valence electrons. The van der Waals surface area contributed by atoms with E-state index in [9.17, 15) is 4.79 Å². The van der Waals surface area contributed by atoms with Gasteiger partial charge in [-0.1, -0.05) is 41.5 Å². The van der Waals surface area contributed by atoms with Gasteiger partial charge < -0.3 is 4.90 Å². The van der Waals surface area contributed by atoms with E-state index in [0.717, 1.165) is 19.0 Å². The van der Waals surface area contributed by atoms with Gasteiger partial charge in [-0.05, 0) is 36.0 Å². The number of piperidine rings is 1. The van der Waals surface area contributed by atoms with E-state index in [1.165, 1.54) is 19.3 Å². The minimum atomic E-state index is 0.110. The monoisotopic (exact) mass is 253 g/mol. The van der Waals surface area contributed by atoms with Crippen molar-refractivity contribution in [2.24, 2.45) is 16.7 Å². The summed E-state index contributed by atoms with van der Waals surface area (Å²) in [5, 5.41) is 0. The lowest BCUT2D eigenvalue weighted by Crippen LogP contribution is -2.40. The maximum Gasteiger partial charge on any atom is 0.223 e. The second-order valence-corrected chi connectivity index (χ2v) is 8.33. The van der Waals surface area contributed by atoms with Crippen molar-refractivity contribution in [2.75, 3.05) is 13.1 Å². The summed E-state index contributed by atoms with van der Waals surface area (Å²) in [6, 6.07) is 0. The van der Waals surface area contributed by atoms with Gasteiger partial charge in [0.15, 0.2) is 0 Å². The standard InChI is InChI=1S/C16H31NO/c1-15(2,3)11-13-7-9-17(10-8-13)14(18)12-16(4,5)6/h13H,7-12H2,1-6H3. The van der Waals surface area contributed by atoms with Gasteiger partial charge in [0, 0.05) is 19.5 Å². The summed E-state index contributed by atoms with van der Waals surface area (Å²) in [5.41, 5.74) is 0.529. The van der Waals surface area contributed by atoms with E-state index in [0.29, 0.717) is 17.7 Å². The summed E-state index contributed by atoms with van der Waals surface area (Å²) in [4.78, 5) is 14.2. The van der Waals surface area contributed by atoms with Crippen LogP contribution in [0.3, 0.4) is 0 Å². The second kappa shape index (κ2) is 5.63. The summed E-state index contributed by atoms with van der Waals surface area (Å²) in [5.74, 6) is 1.15. The van der Waals surface area contributed by atoms with Crippen molar-refractivity contribution >= 4 is 5.91 Å². The molecule has 0 radical (unpaired) electrons. The van der Waals surface area contributed by atoms with Crippen LogP contribution in [0.5, 0.6) is 0 Å². The molecule has 1 heterocycles. The summed E-state index contributed by atoms with van der Waals surface area (Å²) >= 11 is 0. The number of carbonyl (C=O) groups is 1. The molecular formula is C16H31NO. The van der Waals surface area contributed by atoms with Crippen LogP contribution in [0, 0.1) is 16.7 Å². The zero-order valence-electron chi connectivity index (χ0n) is 13.2. The van der Waals surface area contributed by atoms with Gasteiger partial charge in [-0.15, -0.1) is 0 Å². The van der Waals surface area contributed by atoms with Crippen LogP contribution in [0.25, 0.3) is 0 Å². The van der Waals surface area contributed by atoms with Crippen molar-refractivity contribution in [1.29, 1.82) is 0 Å². The molecule has 0 aromatic heterocycles. The predicted octanol–water partition coefficient (Wildman–Crippen LogP) is 4.10. The molecule has 0 aromatic carbocycles. The fourth-order valence-electron chi connectivity index (χ4n) is 2.82. The average Bonchev–Trinajstić information content (AvgIpc) is 2.13. The molecule has 0 saturated carbocycles. The Hall–Kier alpha value is -0.530. The normalized spacial score (nSPS) is 19.1. The van der Waals surface area contributed by atoms with Crippen molar-refractivity contribution < 1.29 is 4.79 Å². The quantitative estimate of drug-likeness (QED) is 0.725. The molecule has 2 nitrogen and oxygen atoms in total. The highest BCUT2D eigenvalue weighted by Gasteiger charge is 2.27. The van der Waals surface area contributed by atoms with Gasteiger partial charge in [-0.3, -0.25) is 4.79 Å². The van der Waals surface area contributed by atoms with Gasteiger partial charge in [0.2, 0.25) is 5.91 Å². The Labute approximate surface area is 113 Å². The lowest BCUT2D eigenvalue weighted by Gasteiger charge is -2.36. The summed E-state index contributed by atoms with van der Waals surface area (Å²) < 4.78 is 0. The Morgan fingerprint density at radius 3 is 1.89 bits per heavy atom. The van der Waals surface area contributed by atoms with Crippen LogP contribution < -0.4 is 0 Å². The fraction of sp³-hybridized carbons (Fsp3) is 0.938. The third kappa shape index (κ3) is 5.88. The second-order valence-electron chi connectivity index (χ2n) is 8.33. The fourth-order valence-corrected chi connectivity index (χ4v) is 2.82. The lowest BCUT2D eigenvalue weighted by molar-refractivity contribution is -0.134. The summed E-state index contributed by atoms with van der Waals surface area (Å²) in [6.45, 7) is 15.3. The van der Waals surface area contributed by atoms with Crippen LogP contribution in [0.4, 0.5) is 0 Å². The maximum atomic E-state index is 12.1. The molecule has 0 unspecified atom stereocenters. The molecule has 18 heavy (non-hydrogen) atoms. The van der Waals surface area contributed by atoms with Crippen LogP contribution in [-0.2, 0) is 4.79 Å². The number of hydrogen-bond donors (Lipinski definition) is 0. The molecule has 0 atom stereocenters. The SMILES string of the molecule is CC(C)(C)CC(=O)N1CCC(CC(C)(C)C)CC1. The first-order chi connectivity index (χ1) is 8.07. The van der Waals surface area contributed by atoms with Gasteiger partial charge in [0.25, 0.3) is 0 Å². The molecule has 0 aromatic rings. The number of hydrogen-bond acceptors (Lipinski definition) is 1. The van der Waals surface area contributed by atoms with E-state index < -0.39 is 0 Å². The van der Waals surface area contributed by atoms with E-state index in [-0.39, 0.29) is 5.41 Å². The zero-order valence-corrected chi connectivity index (χ0v) is 13.2. The average molecular weight is 253 g/mol. The highest BCUT2D eigenvalue weighted by molar-refractivity contribution is 5.76. The first-order valence-corrected chi connectivity index (χ1v) is 7.35. The molecule has 1 rings (SSSR count). The van der Waals surface area contributed by atoms with E-state index in [1.807, 2.05) is 0 Å². The molecule has 0 N–H and O–H groups in total. The molecule has 0 bridgehead atoms. The van der Waals surface area contributed by atoms with Crippen LogP contribution >= 0.6 is 0 Å². The highest BCUT2D eigenvalue weighted by Crippen LogP contribution is 2.31. The van der Waals surface area contributed by atoms with E-state index in [2.05, 4.69) is 46.4 Å². The zero-order chi connectivity index (χ0) is 14.0. The van der Waals surface area contributed by atoms with Crippen LogP contribution in [-0.4, -0.2) is 23.9 Å². The van der Waals surface area contributed by atoms with Crippen molar-refractivity contribution in [3.63, 3.8) is 0 Å². The molecule has 0 spiro atoms. The Balaban J connectivity index is 2.37. The van der Waals surface area contributed by atoms with Crippen LogP contribution in [0.1, 0.15) is 67.2 Å².